The van der Waals surface area contributed by atoms with Crippen molar-refractivity contribution < 1.29 is 13.2 Å². The average molecular weight is 345 g/mol. The molecular formula is C13H8ClF3N4S. The van der Waals surface area contributed by atoms with Gasteiger partial charge in [-0.15, -0.1) is 11.3 Å². The van der Waals surface area contributed by atoms with Crippen LogP contribution in [0, 0.1) is 0 Å². The Balaban J connectivity index is 1.66. The highest BCUT2D eigenvalue weighted by Gasteiger charge is 2.44. The fourth-order valence-corrected chi connectivity index (χ4v) is 3.78. The molecule has 2 atom stereocenters. The highest BCUT2D eigenvalue weighted by Crippen LogP contribution is 2.57. The van der Waals surface area contributed by atoms with Crippen LogP contribution in [-0.4, -0.2) is 19.6 Å². The van der Waals surface area contributed by atoms with Crippen molar-refractivity contribution in [2.45, 2.75) is 24.4 Å². The second-order valence-corrected chi connectivity index (χ2v) is 6.58. The summed E-state index contributed by atoms with van der Waals surface area (Å²) in [6, 6.07) is 1.74. The van der Waals surface area contributed by atoms with E-state index in [9.17, 15) is 13.2 Å². The molecule has 4 nitrogen and oxygen atoms in total. The number of thiazole rings is 1. The lowest BCUT2D eigenvalue weighted by atomic mass is 10.1. The quantitative estimate of drug-likeness (QED) is 0.702. The van der Waals surface area contributed by atoms with Crippen LogP contribution in [0.15, 0.2) is 24.7 Å². The van der Waals surface area contributed by atoms with E-state index < -0.39 is 11.2 Å². The molecule has 0 aliphatic heterocycles. The summed E-state index contributed by atoms with van der Waals surface area (Å²) in [5.74, 6) is 0.138. The number of fused-ring (bicyclic) bond motifs is 1. The molecule has 3 aromatic heterocycles. The zero-order valence-electron chi connectivity index (χ0n) is 10.9. The number of nitrogens with zero attached hydrogens (tertiary/aromatic N) is 4. The third kappa shape index (κ3) is 2.26. The first kappa shape index (κ1) is 14.0. The second-order valence-electron chi connectivity index (χ2n) is 5.13. The Labute approximate surface area is 131 Å². The van der Waals surface area contributed by atoms with Gasteiger partial charge in [0.15, 0.2) is 10.7 Å². The molecule has 1 aliphatic carbocycles. The van der Waals surface area contributed by atoms with Crippen LogP contribution in [0.4, 0.5) is 13.2 Å². The summed E-state index contributed by atoms with van der Waals surface area (Å²) < 4.78 is 39.5. The van der Waals surface area contributed by atoms with Crippen LogP contribution in [0.1, 0.15) is 33.7 Å². The van der Waals surface area contributed by atoms with Gasteiger partial charge in [-0.1, -0.05) is 11.6 Å². The molecule has 3 heterocycles. The molecular weight excluding hydrogens is 337 g/mol. The number of imidazole rings is 1. The predicted octanol–water partition coefficient (Wildman–Crippen LogP) is 4.13. The SMILES string of the molecule is FC(F)(F)c1ncc([C@H]2C[C@@H]2c2cc(Cl)nn3ccnc23)s1. The largest absolute Gasteiger partial charge is 0.443 e. The monoisotopic (exact) mass is 344 g/mol. The van der Waals surface area contributed by atoms with Crippen molar-refractivity contribution in [3.63, 3.8) is 0 Å². The van der Waals surface area contributed by atoms with Crippen molar-refractivity contribution >= 4 is 28.6 Å². The molecule has 9 heteroatoms. The maximum atomic E-state index is 12.6. The van der Waals surface area contributed by atoms with Crippen molar-refractivity contribution in [2.75, 3.05) is 0 Å². The number of halogens is 4. The first-order valence-corrected chi connectivity index (χ1v) is 7.65. The van der Waals surface area contributed by atoms with E-state index >= 15 is 0 Å². The maximum absolute atomic E-state index is 12.6. The summed E-state index contributed by atoms with van der Waals surface area (Å²) >= 11 is 6.70. The van der Waals surface area contributed by atoms with Crippen molar-refractivity contribution in [3.8, 4) is 0 Å². The maximum Gasteiger partial charge on any atom is 0.443 e. The molecule has 22 heavy (non-hydrogen) atoms. The van der Waals surface area contributed by atoms with E-state index in [4.69, 9.17) is 11.6 Å². The summed E-state index contributed by atoms with van der Waals surface area (Å²) in [6.07, 6.45) is 1.01. The molecule has 114 valence electrons. The van der Waals surface area contributed by atoms with E-state index in [1.165, 1.54) is 6.20 Å². The molecule has 1 fully saturated rings. The lowest BCUT2D eigenvalue weighted by molar-refractivity contribution is -0.137. The van der Waals surface area contributed by atoms with Gasteiger partial charge in [0.25, 0.3) is 0 Å². The number of hydrogen-bond acceptors (Lipinski definition) is 4. The summed E-state index contributed by atoms with van der Waals surface area (Å²) in [6.45, 7) is 0. The van der Waals surface area contributed by atoms with Crippen LogP contribution in [-0.2, 0) is 6.18 Å². The van der Waals surface area contributed by atoms with Gasteiger partial charge in [-0.25, -0.2) is 14.5 Å². The minimum atomic E-state index is -4.39. The summed E-state index contributed by atoms with van der Waals surface area (Å²) in [4.78, 5) is 8.37. The first-order chi connectivity index (χ1) is 10.4. The average Bonchev–Trinajstić information content (AvgIpc) is 2.87. The molecule has 1 aliphatic rings. The van der Waals surface area contributed by atoms with Gasteiger partial charge < -0.3 is 0 Å². The first-order valence-electron chi connectivity index (χ1n) is 6.46. The molecule has 0 saturated heterocycles. The Bertz CT molecular complexity index is 856. The molecule has 0 amide bonds. The van der Waals surface area contributed by atoms with Gasteiger partial charge >= 0.3 is 6.18 Å². The molecule has 0 N–H and O–H groups in total. The number of alkyl halides is 3. The fraction of sp³-hybridized carbons (Fsp3) is 0.308. The molecule has 1 saturated carbocycles. The molecule has 0 bridgehead atoms. The molecule has 0 spiro atoms. The van der Waals surface area contributed by atoms with Gasteiger partial charge in [0.2, 0.25) is 0 Å². The van der Waals surface area contributed by atoms with E-state index in [2.05, 4.69) is 15.1 Å². The van der Waals surface area contributed by atoms with Crippen LogP contribution >= 0.6 is 22.9 Å². The third-order valence-electron chi connectivity index (χ3n) is 3.68. The predicted molar refractivity (Wildman–Crippen MR) is 75.2 cm³/mol. The van der Waals surface area contributed by atoms with E-state index in [0.717, 1.165) is 12.0 Å². The van der Waals surface area contributed by atoms with Gasteiger partial charge in [-0.2, -0.15) is 18.3 Å². The lowest BCUT2D eigenvalue weighted by Gasteiger charge is -2.03. The minimum absolute atomic E-state index is 0.0348. The van der Waals surface area contributed by atoms with E-state index in [0.29, 0.717) is 27.0 Å². The molecule has 0 aromatic carbocycles. The van der Waals surface area contributed by atoms with E-state index in [1.807, 2.05) is 0 Å². The van der Waals surface area contributed by atoms with Crippen LogP contribution in [0.25, 0.3) is 5.65 Å². The van der Waals surface area contributed by atoms with Gasteiger partial charge in [0.1, 0.15) is 5.15 Å². The standard InChI is InChI=1S/C13H8ClF3N4S/c14-10-4-8(11-18-1-2-21(11)20-10)6-3-7(6)9-5-19-12(22-9)13(15,16)17/h1-2,4-7H,3H2/t6-,7-/m0/s1. The van der Waals surface area contributed by atoms with Gasteiger partial charge in [-0.05, 0) is 18.4 Å². The Kier molecular flexibility index (Phi) is 2.96. The van der Waals surface area contributed by atoms with Crippen molar-refractivity contribution in [1.82, 2.24) is 19.6 Å². The van der Waals surface area contributed by atoms with E-state index in [1.54, 1.807) is 23.0 Å². The third-order valence-corrected chi connectivity index (χ3v) is 5.04. The fourth-order valence-electron chi connectivity index (χ4n) is 2.62. The summed E-state index contributed by atoms with van der Waals surface area (Å²) in [5.41, 5.74) is 1.61. The van der Waals surface area contributed by atoms with Crippen molar-refractivity contribution in [3.05, 3.63) is 45.3 Å². The van der Waals surface area contributed by atoms with Gasteiger partial charge in [0, 0.05) is 34.9 Å². The molecule has 4 rings (SSSR count). The van der Waals surface area contributed by atoms with E-state index in [-0.39, 0.29) is 11.8 Å². The van der Waals surface area contributed by atoms with Gasteiger partial charge in [-0.3, -0.25) is 0 Å². The Morgan fingerprint density at radius 3 is 2.82 bits per heavy atom. The van der Waals surface area contributed by atoms with Crippen molar-refractivity contribution in [1.29, 1.82) is 0 Å². The van der Waals surface area contributed by atoms with Crippen LogP contribution < -0.4 is 0 Å². The normalized spacial score (nSPS) is 21.5. The zero-order chi connectivity index (χ0) is 15.5. The highest BCUT2D eigenvalue weighted by atomic mass is 35.5. The summed E-state index contributed by atoms with van der Waals surface area (Å²) in [7, 11) is 0. The number of hydrogen-bond donors (Lipinski definition) is 0. The van der Waals surface area contributed by atoms with Crippen LogP contribution in [0.5, 0.6) is 0 Å². The Morgan fingerprint density at radius 2 is 2.09 bits per heavy atom. The lowest BCUT2D eigenvalue weighted by Crippen LogP contribution is -2.02. The minimum Gasteiger partial charge on any atom is -0.240 e. The van der Waals surface area contributed by atoms with Crippen molar-refractivity contribution in [2.24, 2.45) is 0 Å². The zero-order valence-corrected chi connectivity index (χ0v) is 12.5. The smallest absolute Gasteiger partial charge is 0.240 e. The molecule has 3 aromatic rings. The van der Waals surface area contributed by atoms with Gasteiger partial charge in [0.05, 0.1) is 0 Å². The Morgan fingerprint density at radius 1 is 1.27 bits per heavy atom. The van der Waals surface area contributed by atoms with Crippen LogP contribution in [0.2, 0.25) is 5.15 Å². The number of aromatic nitrogens is 4. The number of rotatable bonds is 2. The Hall–Kier alpha value is -1.67. The van der Waals surface area contributed by atoms with Crippen LogP contribution in [0.3, 0.4) is 0 Å². The molecule has 0 unspecified atom stereocenters. The molecule has 0 radical (unpaired) electrons. The summed E-state index contributed by atoms with van der Waals surface area (Å²) in [5, 5.41) is 3.64. The second kappa shape index (κ2) is 4.66. The highest BCUT2D eigenvalue weighted by molar-refractivity contribution is 7.11. The topological polar surface area (TPSA) is 43.1 Å².